The minimum atomic E-state index is -0.612. The second-order valence-corrected chi connectivity index (χ2v) is 7.90. The van der Waals surface area contributed by atoms with Crippen molar-refractivity contribution in [2.24, 2.45) is 0 Å². The zero-order valence-electron chi connectivity index (χ0n) is 18.2. The van der Waals surface area contributed by atoms with Crippen molar-refractivity contribution in [2.75, 3.05) is 16.8 Å². The lowest BCUT2D eigenvalue weighted by Crippen LogP contribution is -2.38. The number of hydrogen-bond donors (Lipinski definition) is 1. The lowest BCUT2D eigenvalue weighted by Gasteiger charge is -2.29. The first-order valence-corrected chi connectivity index (χ1v) is 10.9. The molecule has 0 atom stereocenters. The largest absolute Gasteiger partial charge is 0.321 e. The third-order valence-corrected chi connectivity index (χ3v) is 5.68. The van der Waals surface area contributed by atoms with E-state index in [4.69, 9.17) is 0 Å². The normalized spacial score (nSPS) is 12.8. The van der Waals surface area contributed by atoms with Crippen LogP contribution < -0.4 is 10.2 Å². The molecule has 34 heavy (non-hydrogen) atoms. The first-order chi connectivity index (χ1) is 16.6. The van der Waals surface area contributed by atoms with Gasteiger partial charge in [0, 0.05) is 17.8 Å². The van der Waals surface area contributed by atoms with Crippen LogP contribution in [0, 0.1) is 5.82 Å². The number of aryl methyl sites for hydroxylation is 1. The summed E-state index contributed by atoms with van der Waals surface area (Å²) in [6, 6.07) is 20.5. The molecular formula is C25H21FN6O2. The fraction of sp³-hybridized carbons (Fsp3) is 0.160. The van der Waals surface area contributed by atoms with Crippen LogP contribution in [0.3, 0.4) is 0 Å². The van der Waals surface area contributed by atoms with Gasteiger partial charge in [0.25, 0.3) is 11.8 Å². The third kappa shape index (κ3) is 4.27. The molecule has 9 heteroatoms. The number of nitrogens with one attached hydrogen (secondary N) is 1. The Labute approximate surface area is 195 Å². The summed E-state index contributed by atoms with van der Waals surface area (Å²) in [5, 5.41) is 15.2. The highest BCUT2D eigenvalue weighted by Crippen LogP contribution is 2.27. The Morgan fingerprint density at radius 3 is 2.62 bits per heavy atom. The van der Waals surface area contributed by atoms with E-state index in [-0.39, 0.29) is 23.8 Å². The number of hydrogen-bond acceptors (Lipinski definition) is 5. The quantitative estimate of drug-likeness (QED) is 0.494. The van der Waals surface area contributed by atoms with Crippen LogP contribution in [-0.4, -0.2) is 38.6 Å². The number of halogens is 1. The van der Waals surface area contributed by atoms with Gasteiger partial charge >= 0.3 is 0 Å². The molecule has 3 aromatic carbocycles. The van der Waals surface area contributed by atoms with Gasteiger partial charge in [-0.25, -0.2) is 4.39 Å². The zero-order chi connectivity index (χ0) is 23.5. The Kier molecular flexibility index (Phi) is 5.82. The van der Waals surface area contributed by atoms with Crippen LogP contribution in [0.2, 0.25) is 0 Å². The maximum atomic E-state index is 14.0. The van der Waals surface area contributed by atoms with Crippen molar-refractivity contribution in [1.29, 1.82) is 0 Å². The van der Waals surface area contributed by atoms with E-state index in [9.17, 15) is 14.0 Å². The molecule has 2 amide bonds. The van der Waals surface area contributed by atoms with Crippen molar-refractivity contribution in [1.82, 2.24) is 20.2 Å². The number of fused-ring (bicyclic) bond motifs is 1. The fourth-order valence-electron chi connectivity index (χ4n) is 4.04. The molecule has 1 aromatic heterocycles. The summed E-state index contributed by atoms with van der Waals surface area (Å²) in [6.07, 6.45) is 1.84. The molecule has 0 spiro atoms. The van der Waals surface area contributed by atoms with Crippen LogP contribution in [0.5, 0.6) is 0 Å². The number of carbonyl (C=O) groups excluding carboxylic acids is 2. The van der Waals surface area contributed by atoms with Crippen LogP contribution >= 0.6 is 0 Å². The van der Waals surface area contributed by atoms with Gasteiger partial charge in [-0.1, -0.05) is 42.5 Å². The van der Waals surface area contributed by atoms with Crippen LogP contribution in [0.1, 0.15) is 22.3 Å². The predicted octanol–water partition coefficient (Wildman–Crippen LogP) is 3.71. The Balaban J connectivity index is 1.34. The molecule has 0 unspecified atom stereocenters. The van der Waals surface area contributed by atoms with Crippen molar-refractivity contribution in [2.45, 2.75) is 19.4 Å². The van der Waals surface area contributed by atoms with Crippen LogP contribution in [-0.2, 0) is 17.8 Å². The standard InChI is InChI=1S/C25H21FN6O2/c26-20-12-4-2-10-18(20)25(34)27-21-13-5-3-11-19(21)24-28-30-32(29-24)16-23(33)31-15-7-9-17-8-1-6-14-22(17)31/h1-6,8,10-14H,7,9,15-16H2,(H,27,34). The number of para-hydroxylation sites is 2. The predicted molar refractivity (Wildman–Crippen MR) is 125 cm³/mol. The molecule has 1 aliphatic rings. The van der Waals surface area contributed by atoms with E-state index < -0.39 is 11.7 Å². The van der Waals surface area contributed by atoms with Crippen molar-refractivity contribution < 1.29 is 14.0 Å². The van der Waals surface area contributed by atoms with Gasteiger partial charge in [0.05, 0.1) is 11.3 Å². The molecule has 8 nitrogen and oxygen atoms in total. The van der Waals surface area contributed by atoms with Gasteiger partial charge in [-0.3, -0.25) is 9.59 Å². The van der Waals surface area contributed by atoms with Gasteiger partial charge in [-0.2, -0.15) is 4.80 Å². The number of amides is 2. The van der Waals surface area contributed by atoms with Gasteiger partial charge in [-0.05, 0) is 54.0 Å². The van der Waals surface area contributed by atoms with E-state index in [2.05, 4.69) is 20.7 Å². The molecule has 0 saturated carbocycles. The lowest BCUT2D eigenvalue weighted by molar-refractivity contribution is -0.119. The number of aromatic nitrogens is 4. The summed E-state index contributed by atoms with van der Waals surface area (Å²) >= 11 is 0. The van der Waals surface area contributed by atoms with E-state index in [0.717, 1.165) is 24.1 Å². The first kappa shape index (κ1) is 21.4. The van der Waals surface area contributed by atoms with E-state index in [0.29, 0.717) is 17.8 Å². The van der Waals surface area contributed by atoms with Gasteiger partial charge in [0.15, 0.2) is 0 Å². The molecule has 0 saturated heterocycles. The zero-order valence-corrected chi connectivity index (χ0v) is 18.2. The van der Waals surface area contributed by atoms with E-state index in [1.165, 1.54) is 23.0 Å². The Bertz CT molecular complexity index is 1370. The number of benzene rings is 3. The minimum absolute atomic E-state index is 0.0644. The summed E-state index contributed by atoms with van der Waals surface area (Å²) in [4.78, 5) is 28.6. The molecule has 0 aliphatic carbocycles. The van der Waals surface area contributed by atoms with Gasteiger partial charge in [0.2, 0.25) is 5.82 Å². The maximum Gasteiger partial charge on any atom is 0.258 e. The van der Waals surface area contributed by atoms with Crippen molar-refractivity contribution >= 4 is 23.2 Å². The fourth-order valence-corrected chi connectivity index (χ4v) is 4.04. The van der Waals surface area contributed by atoms with Crippen LogP contribution in [0.4, 0.5) is 15.8 Å². The molecule has 0 fully saturated rings. The monoisotopic (exact) mass is 456 g/mol. The molecule has 5 rings (SSSR count). The number of anilines is 2. The Morgan fingerprint density at radius 2 is 1.74 bits per heavy atom. The maximum absolute atomic E-state index is 14.0. The highest BCUT2D eigenvalue weighted by atomic mass is 19.1. The molecule has 2 heterocycles. The average molecular weight is 456 g/mol. The van der Waals surface area contributed by atoms with Crippen LogP contribution in [0.25, 0.3) is 11.4 Å². The van der Waals surface area contributed by atoms with Crippen molar-refractivity contribution in [3.05, 3.63) is 89.7 Å². The average Bonchev–Trinajstić information content (AvgIpc) is 3.32. The van der Waals surface area contributed by atoms with E-state index in [1.54, 1.807) is 35.2 Å². The Morgan fingerprint density at radius 1 is 0.971 bits per heavy atom. The topological polar surface area (TPSA) is 93.0 Å². The lowest BCUT2D eigenvalue weighted by atomic mass is 10.0. The SMILES string of the molecule is O=C(Nc1ccccc1-c1nnn(CC(=O)N2CCCc3ccccc32)n1)c1ccccc1F. The van der Waals surface area contributed by atoms with Gasteiger partial charge in [-0.15, -0.1) is 10.2 Å². The van der Waals surface area contributed by atoms with Gasteiger partial charge in [0.1, 0.15) is 12.4 Å². The molecule has 0 bridgehead atoms. The minimum Gasteiger partial charge on any atom is -0.321 e. The van der Waals surface area contributed by atoms with E-state index >= 15 is 0 Å². The summed E-state index contributed by atoms with van der Waals surface area (Å²) in [5.41, 5.74) is 2.91. The molecule has 1 N–H and O–H groups in total. The molecular weight excluding hydrogens is 435 g/mol. The smallest absolute Gasteiger partial charge is 0.258 e. The second kappa shape index (κ2) is 9.22. The summed E-state index contributed by atoms with van der Waals surface area (Å²) in [5.74, 6) is -1.08. The molecule has 1 aliphatic heterocycles. The number of rotatable bonds is 5. The summed E-state index contributed by atoms with van der Waals surface area (Å²) in [6.45, 7) is 0.577. The molecule has 0 radical (unpaired) electrons. The highest BCUT2D eigenvalue weighted by molar-refractivity contribution is 6.06. The summed E-state index contributed by atoms with van der Waals surface area (Å²) in [7, 11) is 0. The van der Waals surface area contributed by atoms with Crippen LogP contribution in [0.15, 0.2) is 72.8 Å². The van der Waals surface area contributed by atoms with Crippen molar-refractivity contribution in [3.63, 3.8) is 0 Å². The second-order valence-electron chi connectivity index (χ2n) is 7.90. The van der Waals surface area contributed by atoms with Crippen molar-refractivity contribution in [3.8, 4) is 11.4 Å². The first-order valence-electron chi connectivity index (χ1n) is 10.9. The number of carbonyl (C=O) groups is 2. The number of nitrogens with zero attached hydrogens (tertiary/aromatic N) is 5. The third-order valence-electron chi connectivity index (χ3n) is 5.68. The number of tetrazole rings is 1. The van der Waals surface area contributed by atoms with E-state index in [1.807, 2.05) is 24.3 Å². The highest BCUT2D eigenvalue weighted by Gasteiger charge is 2.23. The molecule has 170 valence electrons. The van der Waals surface area contributed by atoms with Gasteiger partial charge < -0.3 is 10.2 Å². The Hall–Kier alpha value is -4.40. The molecule has 4 aromatic rings. The summed E-state index contributed by atoms with van der Waals surface area (Å²) < 4.78 is 14.0.